The highest BCUT2D eigenvalue weighted by Crippen LogP contribution is 2.19. The third kappa shape index (κ3) is 9.03. The molecule has 23 heavy (non-hydrogen) atoms. The van der Waals surface area contributed by atoms with Gasteiger partial charge in [0, 0.05) is 31.7 Å². The van der Waals surface area contributed by atoms with Crippen LogP contribution in [0.4, 0.5) is 13.2 Å². The number of nitrogens with zero attached hydrogens (tertiary/aromatic N) is 2. The molecule has 0 aliphatic carbocycles. The first-order chi connectivity index (χ1) is 10.7. The van der Waals surface area contributed by atoms with Crippen molar-refractivity contribution in [2.75, 3.05) is 26.2 Å². The van der Waals surface area contributed by atoms with Crippen molar-refractivity contribution >= 4 is 5.96 Å². The van der Waals surface area contributed by atoms with Crippen LogP contribution in [0.2, 0.25) is 0 Å². The number of alkyl halides is 3. The highest BCUT2D eigenvalue weighted by molar-refractivity contribution is 5.80. The minimum atomic E-state index is -4.13. The number of halogens is 3. The minimum Gasteiger partial charge on any atom is -0.354 e. The standard InChI is InChI=1S/C16H31F3N4/c1-5-20-15(21-13(4)7-6-12(2)3)22-14-8-9-23(10-14)11-16(17,18)19/h12-14H,5-11H2,1-4H3,(H2,20,21,22). The molecule has 0 radical (unpaired) electrons. The molecule has 0 aromatic rings. The molecule has 1 aliphatic heterocycles. The van der Waals surface area contributed by atoms with Gasteiger partial charge in [0.05, 0.1) is 6.54 Å². The van der Waals surface area contributed by atoms with Crippen LogP contribution in [0, 0.1) is 5.92 Å². The molecule has 1 heterocycles. The third-order valence-corrected chi connectivity index (χ3v) is 3.89. The summed E-state index contributed by atoms with van der Waals surface area (Å²) in [6, 6.07) is 0.315. The van der Waals surface area contributed by atoms with Gasteiger partial charge in [-0.1, -0.05) is 13.8 Å². The Balaban J connectivity index is 2.43. The fraction of sp³-hybridized carbons (Fsp3) is 0.938. The fourth-order valence-corrected chi connectivity index (χ4v) is 2.72. The summed E-state index contributed by atoms with van der Waals surface area (Å²) in [5.74, 6) is 1.37. The maximum Gasteiger partial charge on any atom is 0.401 e. The van der Waals surface area contributed by atoms with Gasteiger partial charge >= 0.3 is 6.18 Å². The Morgan fingerprint density at radius 1 is 1.26 bits per heavy atom. The number of guanidine groups is 1. The lowest BCUT2D eigenvalue weighted by Crippen LogP contribution is -2.48. The maximum absolute atomic E-state index is 12.4. The summed E-state index contributed by atoms with van der Waals surface area (Å²) >= 11 is 0. The summed E-state index contributed by atoms with van der Waals surface area (Å²) in [6.45, 7) is 9.14. The zero-order valence-electron chi connectivity index (χ0n) is 14.7. The van der Waals surface area contributed by atoms with Crippen molar-refractivity contribution in [1.29, 1.82) is 0 Å². The van der Waals surface area contributed by atoms with Crippen LogP contribution in [0.5, 0.6) is 0 Å². The summed E-state index contributed by atoms with van der Waals surface area (Å²) in [4.78, 5) is 5.86. The lowest BCUT2D eigenvalue weighted by Gasteiger charge is -2.22. The van der Waals surface area contributed by atoms with Crippen LogP contribution >= 0.6 is 0 Å². The maximum atomic E-state index is 12.4. The third-order valence-electron chi connectivity index (χ3n) is 3.89. The molecule has 4 nitrogen and oxygen atoms in total. The SMILES string of the molecule is CCN=C(NC(C)CCC(C)C)NC1CCN(CC(F)(F)F)C1. The van der Waals surface area contributed by atoms with Crippen molar-refractivity contribution in [3.05, 3.63) is 0 Å². The molecule has 0 aromatic carbocycles. The minimum absolute atomic E-state index is 0.0208. The van der Waals surface area contributed by atoms with E-state index in [1.54, 1.807) is 0 Å². The van der Waals surface area contributed by atoms with E-state index < -0.39 is 12.7 Å². The van der Waals surface area contributed by atoms with E-state index in [1.165, 1.54) is 4.90 Å². The molecule has 1 rings (SSSR count). The van der Waals surface area contributed by atoms with Crippen LogP contribution in [0.1, 0.15) is 47.0 Å². The van der Waals surface area contributed by atoms with E-state index >= 15 is 0 Å². The number of nitrogens with one attached hydrogen (secondary N) is 2. The molecule has 136 valence electrons. The molecule has 7 heteroatoms. The molecule has 0 spiro atoms. The predicted octanol–water partition coefficient (Wildman–Crippen LogP) is 3.00. The molecular weight excluding hydrogens is 305 g/mol. The van der Waals surface area contributed by atoms with Gasteiger partial charge in [-0.05, 0) is 39.0 Å². The van der Waals surface area contributed by atoms with Gasteiger partial charge < -0.3 is 10.6 Å². The first-order valence-corrected chi connectivity index (χ1v) is 8.56. The molecule has 2 N–H and O–H groups in total. The number of hydrogen-bond acceptors (Lipinski definition) is 2. The monoisotopic (exact) mass is 336 g/mol. The van der Waals surface area contributed by atoms with Gasteiger partial charge in [-0.2, -0.15) is 13.2 Å². The summed E-state index contributed by atoms with van der Waals surface area (Å²) in [7, 11) is 0. The highest BCUT2D eigenvalue weighted by atomic mass is 19.4. The van der Waals surface area contributed by atoms with Crippen LogP contribution in [0.3, 0.4) is 0 Å². The van der Waals surface area contributed by atoms with Gasteiger partial charge in [-0.25, -0.2) is 0 Å². The molecule has 1 fully saturated rings. The van der Waals surface area contributed by atoms with Gasteiger partial charge in [-0.3, -0.25) is 9.89 Å². The molecule has 1 saturated heterocycles. The number of aliphatic imine (C=N–C) groups is 1. The van der Waals surface area contributed by atoms with Crippen molar-refractivity contribution in [3.8, 4) is 0 Å². The second-order valence-corrected chi connectivity index (χ2v) is 6.82. The smallest absolute Gasteiger partial charge is 0.354 e. The first kappa shape index (κ1) is 20.1. The number of hydrogen-bond donors (Lipinski definition) is 2. The van der Waals surface area contributed by atoms with Crippen molar-refractivity contribution in [3.63, 3.8) is 0 Å². The molecular formula is C16H31F3N4. The van der Waals surface area contributed by atoms with Crippen LogP contribution in [-0.2, 0) is 0 Å². The van der Waals surface area contributed by atoms with Crippen molar-refractivity contribution in [1.82, 2.24) is 15.5 Å². The van der Waals surface area contributed by atoms with E-state index in [9.17, 15) is 13.2 Å². The van der Waals surface area contributed by atoms with Crippen molar-refractivity contribution in [2.24, 2.45) is 10.9 Å². The van der Waals surface area contributed by atoms with Gasteiger partial charge in [-0.15, -0.1) is 0 Å². The van der Waals surface area contributed by atoms with Gasteiger partial charge in [0.25, 0.3) is 0 Å². The normalized spacial score (nSPS) is 21.7. The Kier molecular flexibility index (Phi) is 8.16. The second-order valence-electron chi connectivity index (χ2n) is 6.82. The quantitative estimate of drug-likeness (QED) is 0.555. The summed E-state index contributed by atoms with van der Waals surface area (Å²) in [5, 5.41) is 6.64. The van der Waals surface area contributed by atoms with Crippen molar-refractivity contribution < 1.29 is 13.2 Å². The zero-order chi connectivity index (χ0) is 17.5. The average Bonchev–Trinajstić information content (AvgIpc) is 2.81. The van der Waals surface area contributed by atoms with E-state index in [0.29, 0.717) is 44.0 Å². The van der Waals surface area contributed by atoms with E-state index in [4.69, 9.17) is 0 Å². The van der Waals surface area contributed by atoms with E-state index in [0.717, 1.165) is 12.8 Å². The summed E-state index contributed by atoms with van der Waals surface area (Å²) < 4.78 is 37.3. The highest BCUT2D eigenvalue weighted by Gasteiger charge is 2.34. The molecule has 1 aliphatic rings. The molecule has 0 amide bonds. The Morgan fingerprint density at radius 3 is 2.52 bits per heavy atom. The fourth-order valence-electron chi connectivity index (χ4n) is 2.72. The Bertz CT molecular complexity index is 369. The Labute approximate surface area is 137 Å². The zero-order valence-corrected chi connectivity index (χ0v) is 14.7. The predicted molar refractivity (Wildman–Crippen MR) is 88.7 cm³/mol. The lowest BCUT2D eigenvalue weighted by atomic mass is 10.0. The van der Waals surface area contributed by atoms with Crippen molar-refractivity contribution in [2.45, 2.75) is 65.2 Å². The molecule has 0 saturated carbocycles. The van der Waals surface area contributed by atoms with Gasteiger partial charge in [0.15, 0.2) is 5.96 Å². The van der Waals surface area contributed by atoms with E-state index in [1.807, 2.05) is 6.92 Å². The number of likely N-dealkylation sites (tertiary alicyclic amines) is 1. The van der Waals surface area contributed by atoms with Crippen LogP contribution < -0.4 is 10.6 Å². The largest absolute Gasteiger partial charge is 0.401 e. The Hall–Kier alpha value is -0.980. The summed E-state index contributed by atoms with van der Waals surface area (Å²) in [5.41, 5.74) is 0. The lowest BCUT2D eigenvalue weighted by molar-refractivity contribution is -0.143. The topological polar surface area (TPSA) is 39.7 Å². The van der Waals surface area contributed by atoms with Crippen LogP contribution in [-0.4, -0.2) is 55.3 Å². The molecule has 0 bridgehead atoms. The molecule has 0 aromatic heterocycles. The second kappa shape index (κ2) is 9.35. The van der Waals surface area contributed by atoms with Gasteiger partial charge in [0.1, 0.15) is 0 Å². The van der Waals surface area contributed by atoms with E-state index in [-0.39, 0.29) is 6.04 Å². The average molecular weight is 336 g/mol. The summed E-state index contributed by atoms with van der Waals surface area (Å²) in [6.07, 6.45) is -1.23. The molecule has 2 atom stereocenters. The van der Waals surface area contributed by atoms with Crippen LogP contribution in [0.25, 0.3) is 0 Å². The van der Waals surface area contributed by atoms with Crippen LogP contribution in [0.15, 0.2) is 4.99 Å². The van der Waals surface area contributed by atoms with E-state index in [2.05, 4.69) is 36.4 Å². The Morgan fingerprint density at radius 2 is 1.96 bits per heavy atom. The number of rotatable bonds is 7. The first-order valence-electron chi connectivity index (χ1n) is 8.56. The molecule has 2 unspecified atom stereocenters. The van der Waals surface area contributed by atoms with Gasteiger partial charge in [0.2, 0.25) is 0 Å².